The molecule has 0 radical (unpaired) electrons. The van der Waals surface area contributed by atoms with Gasteiger partial charge in [-0.05, 0) is 36.9 Å². The summed E-state index contributed by atoms with van der Waals surface area (Å²) < 4.78 is 28.7. The van der Waals surface area contributed by atoms with Crippen LogP contribution in [0.25, 0.3) is 0 Å². The summed E-state index contributed by atoms with van der Waals surface area (Å²) in [6.07, 6.45) is 3.43. The normalized spacial score (nSPS) is 11.7. The fourth-order valence-electron chi connectivity index (χ4n) is 1.85. The molecule has 6 nitrogen and oxygen atoms in total. The molecule has 2 N–H and O–H groups in total. The summed E-state index contributed by atoms with van der Waals surface area (Å²) in [4.78, 5) is 0.206. The Morgan fingerprint density at radius 1 is 1.38 bits per heavy atom. The Morgan fingerprint density at radius 3 is 2.86 bits per heavy atom. The Kier molecular flexibility index (Phi) is 5.35. The molecule has 0 saturated heterocycles. The number of aromatic nitrogens is 2. The van der Waals surface area contributed by atoms with Crippen LogP contribution in [0.15, 0.2) is 41.6 Å². The Bertz CT molecular complexity index is 686. The van der Waals surface area contributed by atoms with Crippen LogP contribution in [0, 0.1) is 0 Å². The third-order valence-electron chi connectivity index (χ3n) is 2.89. The highest BCUT2D eigenvalue weighted by atomic mass is 35.5. The second-order valence-corrected chi connectivity index (χ2v) is 6.62. The third kappa shape index (κ3) is 4.28. The van der Waals surface area contributed by atoms with Crippen LogP contribution in [0.5, 0.6) is 0 Å². The van der Waals surface area contributed by atoms with E-state index < -0.39 is 10.0 Å². The van der Waals surface area contributed by atoms with Crippen molar-refractivity contribution in [3.8, 4) is 0 Å². The molecule has 0 aliphatic rings. The van der Waals surface area contributed by atoms with Gasteiger partial charge in [-0.3, -0.25) is 4.68 Å². The number of sulfonamides is 1. The van der Waals surface area contributed by atoms with Gasteiger partial charge in [0, 0.05) is 30.5 Å². The number of nitrogens with zero attached hydrogens (tertiary/aromatic N) is 2. The minimum absolute atomic E-state index is 0.206. The van der Waals surface area contributed by atoms with E-state index in [9.17, 15) is 8.42 Å². The lowest BCUT2D eigenvalue weighted by molar-refractivity contribution is 0.560. The lowest BCUT2D eigenvalue weighted by Gasteiger charge is -2.10. The van der Waals surface area contributed by atoms with Gasteiger partial charge in [0.1, 0.15) is 0 Å². The smallest absolute Gasteiger partial charge is 0.240 e. The molecule has 2 rings (SSSR count). The van der Waals surface area contributed by atoms with E-state index in [1.54, 1.807) is 42.3 Å². The zero-order valence-corrected chi connectivity index (χ0v) is 13.2. The highest BCUT2D eigenvalue weighted by molar-refractivity contribution is 7.89. The second kappa shape index (κ2) is 7.04. The number of rotatable bonds is 7. The molecule has 21 heavy (non-hydrogen) atoms. The van der Waals surface area contributed by atoms with Crippen molar-refractivity contribution in [2.75, 3.05) is 13.6 Å². The van der Waals surface area contributed by atoms with Crippen molar-refractivity contribution in [2.24, 2.45) is 0 Å². The molecular formula is C13H17ClN4O2S. The zero-order valence-electron chi connectivity index (χ0n) is 11.6. The van der Waals surface area contributed by atoms with Crippen molar-refractivity contribution in [1.29, 1.82) is 0 Å². The third-order valence-corrected chi connectivity index (χ3v) is 4.71. The SMILES string of the molecule is CNCc1cc(S(=O)(=O)NCCn2cccn2)ccc1Cl. The van der Waals surface area contributed by atoms with Gasteiger partial charge in [-0.2, -0.15) is 5.10 Å². The number of hydrogen-bond donors (Lipinski definition) is 2. The molecule has 0 aliphatic carbocycles. The Labute approximate surface area is 129 Å². The van der Waals surface area contributed by atoms with Crippen LogP contribution in [-0.4, -0.2) is 31.8 Å². The highest BCUT2D eigenvalue weighted by Gasteiger charge is 2.15. The fraction of sp³-hybridized carbons (Fsp3) is 0.308. The molecule has 1 heterocycles. The molecular weight excluding hydrogens is 312 g/mol. The standard InChI is InChI=1S/C13H17ClN4O2S/c1-15-10-11-9-12(3-4-13(11)14)21(19,20)17-6-8-18-7-2-5-16-18/h2-5,7,9,15,17H,6,8,10H2,1H3. The molecule has 1 aromatic carbocycles. The van der Waals surface area contributed by atoms with Crippen molar-refractivity contribution in [3.63, 3.8) is 0 Å². The topological polar surface area (TPSA) is 76.0 Å². The predicted octanol–water partition coefficient (Wildman–Crippen LogP) is 1.23. The van der Waals surface area contributed by atoms with E-state index in [0.717, 1.165) is 5.56 Å². The van der Waals surface area contributed by atoms with Crippen molar-refractivity contribution >= 4 is 21.6 Å². The number of benzene rings is 1. The molecule has 0 bridgehead atoms. The van der Waals surface area contributed by atoms with Gasteiger partial charge in [-0.15, -0.1) is 0 Å². The molecule has 1 aromatic heterocycles. The van der Waals surface area contributed by atoms with Crippen LogP contribution < -0.4 is 10.0 Å². The zero-order chi connectivity index (χ0) is 15.3. The second-order valence-electron chi connectivity index (χ2n) is 4.45. The van der Waals surface area contributed by atoms with E-state index in [1.807, 2.05) is 0 Å². The molecule has 0 unspecified atom stereocenters. The summed E-state index contributed by atoms with van der Waals surface area (Å²) in [5.41, 5.74) is 0.745. The van der Waals surface area contributed by atoms with Crippen molar-refractivity contribution in [3.05, 3.63) is 47.2 Å². The van der Waals surface area contributed by atoms with Gasteiger partial charge in [0.2, 0.25) is 10.0 Å². The largest absolute Gasteiger partial charge is 0.316 e. The van der Waals surface area contributed by atoms with Crippen molar-refractivity contribution in [2.45, 2.75) is 18.0 Å². The van der Waals surface area contributed by atoms with Gasteiger partial charge in [-0.1, -0.05) is 11.6 Å². The van der Waals surface area contributed by atoms with Gasteiger partial charge in [0.05, 0.1) is 11.4 Å². The van der Waals surface area contributed by atoms with Crippen LogP contribution in [0.4, 0.5) is 0 Å². The average Bonchev–Trinajstić information content (AvgIpc) is 2.94. The maximum absolute atomic E-state index is 12.2. The van der Waals surface area contributed by atoms with Gasteiger partial charge >= 0.3 is 0 Å². The van der Waals surface area contributed by atoms with E-state index in [-0.39, 0.29) is 11.4 Å². The molecule has 0 fully saturated rings. The Hall–Kier alpha value is -1.41. The Morgan fingerprint density at radius 2 is 2.19 bits per heavy atom. The van der Waals surface area contributed by atoms with Gasteiger partial charge in [-0.25, -0.2) is 13.1 Å². The van der Waals surface area contributed by atoms with Crippen molar-refractivity contribution < 1.29 is 8.42 Å². The van der Waals surface area contributed by atoms with E-state index in [2.05, 4.69) is 15.1 Å². The maximum Gasteiger partial charge on any atom is 0.240 e. The first kappa shape index (κ1) is 16.0. The lowest BCUT2D eigenvalue weighted by Crippen LogP contribution is -2.27. The summed E-state index contributed by atoms with van der Waals surface area (Å²) in [5, 5.41) is 7.51. The first-order chi connectivity index (χ1) is 10.0. The van der Waals surface area contributed by atoms with Gasteiger partial charge in [0.25, 0.3) is 0 Å². The van der Waals surface area contributed by atoms with E-state index >= 15 is 0 Å². The van der Waals surface area contributed by atoms with Crippen molar-refractivity contribution in [1.82, 2.24) is 19.8 Å². The average molecular weight is 329 g/mol. The van der Waals surface area contributed by atoms with Crippen LogP contribution >= 0.6 is 11.6 Å². The summed E-state index contributed by atoms with van der Waals surface area (Å²) in [6, 6.07) is 6.46. The summed E-state index contributed by atoms with van der Waals surface area (Å²) in [6.45, 7) is 1.26. The number of hydrogen-bond acceptors (Lipinski definition) is 4. The molecule has 0 spiro atoms. The van der Waals surface area contributed by atoms with Gasteiger partial charge in [0.15, 0.2) is 0 Å². The molecule has 2 aromatic rings. The highest BCUT2D eigenvalue weighted by Crippen LogP contribution is 2.20. The van der Waals surface area contributed by atoms with E-state index in [1.165, 1.54) is 6.07 Å². The minimum Gasteiger partial charge on any atom is -0.316 e. The monoisotopic (exact) mass is 328 g/mol. The van der Waals surface area contributed by atoms with Crippen LogP contribution in [0.2, 0.25) is 5.02 Å². The summed E-state index contributed by atoms with van der Waals surface area (Å²) >= 11 is 6.03. The number of nitrogens with one attached hydrogen (secondary N) is 2. The van der Waals surface area contributed by atoms with Crippen LogP contribution in [0.1, 0.15) is 5.56 Å². The van der Waals surface area contributed by atoms with Gasteiger partial charge < -0.3 is 5.32 Å². The molecule has 0 saturated carbocycles. The first-order valence-electron chi connectivity index (χ1n) is 6.43. The fourth-order valence-corrected chi connectivity index (χ4v) is 3.11. The summed E-state index contributed by atoms with van der Waals surface area (Å²) in [7, 11) is -1.77. The quantitative estimate of drug-likeness (QED) is 0.801. The molecule has 0 amide bonds. The first-order valence-corrected chi connectivity index (χ1v) is 8.29. The molecule has 8 heteroatoms. The summed E-state index contributed by atoms with van der Waals surface area (Å²) in [5.74, 6) is 0. The van der Waals surface area contributed by atoms with E-state index in [0.29, 0.717) is 18.1 Å². The molecule has 114 valence electrons. The lowest BCUT2D eigenvalue weighted by atomic mass is 10.2. The minimum atomic E-state index is -3.55. The molecule has 0 atom stereocenters. The maximum atomic E-state index is 12.2. The van der Waals surface area contributed by atoms with E-state index in [4.69, 9.17) is 11.6 Å². The van der Waals surface area contributed by atoms with Crippen LogP contribution in [0.3, 0.4) is 0 Å². The molecule has 0 aliphatic heterocycles. The predicted molar refractivity (Wildman–Crippen MR) is 81.6 cm³/mol. The van der Waals surface area contributed by atoms with Crippen LogP contribution in [-0.2, 0) is 23.1 Å². The Balaban J connectivity index is 2.06. The number of halogens is 1.